The summed E-state index contributed by atoms with van der Waals surface area (Å²) in [7, 11) is 0. The van der Waals surface area contributed by atoms with E-state index >= 15 is 0 Å². The number of benzene rings is 2. The molecule has 24 heavy (non-hydrogen) atoms. The second-order valence-electron chi connectivity index (χ2n) is 6.52. The van der Waals surface area contributed by atoms with Gasteiger partial charge < -0.3 is 4.74 Å². The molecule has 0 aromatic heterocycles. The van der Waals surface area contributed by atoms with E-state index in [-0.39, 0.29) is 5.97 Å². The minimum absolute atomic E-state index is 0.200. The number of hydrogen-bond donors (Lipinski definition) is 0. The van der Waals surface area contributed by atoms with Gasteiger partial charge in [0.15, 0.2) is 0 Å². The first-order valence-electron chi connectivity index (χ1n) is 8.71. The summed E-state index contributed by atoms with van der Waals surface area (Å²) in [6, 6.07) is 16.6. The minimum Gasteiger partial charge on any atom is -0.462 e. The van der Waals surface area contributed by atoms with Gasteiger partial charge in [-0.25, -0.2) is 4.79 Å². The number of rotatable bonds is 5. The quantitative estimate of drug-likeness (QED) is 0.774. The lowest BCUT2D eigenvalue weighted by Crippen LogP contribution is -2.20. The molecule has 1 saturated heterocycles. The number of carbonyl (C=O) groups excluding carboxylic acids is 1. The van der Waals surface area contributed by atoms with Gasteiger partial charge in [0.2, 0.25) is 0 Å². The molecule has 1 aliphatic heterocycles. The molecule has 1 heterocycles. The number of esters is 1. The predicted molar refractivity (Wildman–Crippen MR) is 96.2 cm³/mol. The Morgan fingerprint density at radius 1 is 1.21 bits per heavy atom. The molecule has 1 unspecified atom stereocenters. The molecule has 0 bridgehead atoms. The van der Waals surface area contributed by atoms with Gasteiger partial charge in [-0.05, 0) is 49.9 Å². The molecule has 126 valence electrons. The van der Waals surface area contributed by atoms with Crippen molar-refractivity contribution in [1.82, 2.24) is 4.90 Å². The van der Waals surface area contributed by atoms with Crippen LogP contribution in [0.15, 0.2) is 48.5 Å². The first-order chi connectivity index (χ1) is 11.7. The summed E-state index contributed by atoms with van der Waals surface area (Å²) in [5.74, 6) is 0.196. The highest BCUT2D eigenvalue weighted by molar-refractivity contribution is 5.91. The van der Waals surface area contributed by atoms with Gasteiger partial charge in [-0.1, -0.05) is 48.0 Å². The van der Waals surface area contributed by atoms with Gasteiger partial charge in [-0.15, -0.1) is 0 Å². The highest BCUT2D eigenvalue weighted by Crippen LogP contribution is 2.31. The lowest BCUT2D eigenvalue weighted by Gasteiger charge is -2.18. The van der Waals surface area contributed by atoms with Gasteiger partial charge in [-0.3, -0.25) is 4.90 Å². The highest BCUT2D eigenvalue weighted by atomic mass is 16.5. The van der Waals surface area contributed by atoms with Crippen LogP contribution in [0, 0.1) is 6.92 Å². The summed E-state index contributed by atoms with van der Waals surface area (Å²) in [6.45, 7) is 7.37. The largest absolute Gasteiger partial charge is 0.462 e. The Hall–Kier alpha value is -2.13. The second kappa shape index (κ2) is 7.63. The summed E-state index contributed by atoms with van der Waals surface area (Å²) in [5.41, 5.74) is 4.41. The van der Waals surface area contributed by atoms with Crippen molar-refractivity contribution in [2.45, 2.75) is 32.7 Å². The SMILES string of the molecule is CCOC(=O)c1ccc(C)cc1C1CCN(Cc2ccccc2)C1. The molecule has 1 aliphatic rings. The standard InChI is InChI=1S/C21H25NO2/c1-3-24-21(23)19-10-9-16(2)13-20(19)18-11-12-22(15-18)14-17-7-5-4-6-8-17/h4-10,13,18H,3,11-12,14-15H2,1-2H3. The first-order valence-corrected chi connectivity index (χ1v) is 8.71. The number of likely N-dealkylation sites (tertiary alicyclic amines) is 1. The van der Waals surface area contributed by atoms with Gasteiger partial charge in [0.05, 0.1) is 12.2 Å². The smallest absolute Gasteiger partial charge is 0.338 e. The van der Waals surface area contributed by atoms with Crippen LogP contribution in [0.25, 0.3) is 0 Å². The van der Waals surface area contributed by atoms with Crippen molar-refractivity contribution in [2.24, 2.45) is 0 Å². The molecule has 2 aromatic rings. The lowest BCUT2D eigenvalue weighted by molar-refractivity contribution is 0.0524. The highest BCUT2D eigenvalue weighted by Gasteiger charge is 2.27. The molecule has 3 rings (SSSR count). The molecule has 1 atom stereocenters. The molecular formula is C21H25NO2. The summed E-state index contributed by atoms with van der Waals surface area (Å²) in [4.78, 5) is 14.7. The number of nitrogens with zero attached hydrogens (tertiary/aromatic N) is 1. The van der Waals surface area contributed by atoms with Crippen LogP contribution in [0.4, 0.5) is 0 Å². The number of ether oxygens (including phenoxy) is 1. The summed E-state index contributed by atoms with van der Waals surface area (Å²) in [5, 5.41) is 0. The maximum Gasteiger partial charge on any atom is 0.338 e. The molecule has 0 N–H and O–H groups in total. The Morgan fingerprint density at radius 3 is 2.75 bits per heavy atom. The van der Waals surface area contributed by atoms with Crippen molar-refractivity contribution >= 4 is 5.97 Å². The third-order valence-corrected chi connectivity index (χ3v) is 4.66. The maximum atomic E-state index is 12.3. The van der Waals surface area contributed by atoms with Gasteiger partial charge in [-0.2, -0.15) is 0 Å². The molecular weight excluding hydrogens is 298 g/mol. The molecule has 0 aliphatic carbocycles. The summed E-state index contributed by atoms with van der Waals surface area (Å²) in [6.07, 6.45) is 1.09. The molecule has 3 heteroatoms. The van der Waals surface area contributed by atoms with Crippen molar-refractivity contribution in [3.05, 3.63) is 70.8 Å². The van der Waals surface area contributed by atoms with Crippen LogP contribution < -0.4 is 0 Å². The fourth-order valence-electron chi connectivity index (χ4n) is 3.49. The van der Waals surface area contributed by atoms with Gasteiger partial charge >= 0.3 is 5.97 Å². The van der Waals surface area contributed by atoms with E-state index < -0.39 is 0 Å². The summed E-state index contributed by atoms with van der Waals surface area (Å²) >= 11 is 0. The van der Waals surface area contributed by atoms with E-state index in [1.165, 1.54) is 11.1 Å². The zero-order chi connectivity index (χ0) is 16.9. The van der Waals surface area contributed by atoms with Crippen LogP contribution in [-0.4, -0.2) is 30.6 Å². The van der Waals surface area contributed by atoms with Gasteiger partial charge in [0, 0.05) is 13.1 Å². The Bertz CT molecular complexity index is 696. The molecule has 2 aromatic carbocycles. The molecule has 0 saturated carbocycles. The normalized spacial score (nSPS) is 17.8. The Morgan fingerprint density at radius 2 is 2.00 bits per heavy atom. The second-order valence-corrected chi connectivity index (χ2v) is 6.52. The van der Waals surface area contributed by atoms with E-state index in [2.05, 4.69) is 48.2 Å². The van der Waals surface area contributed by atoms with Crippen molar-refractivity contribution in [3.63, 3.8) is 0 Å². The van der Waals surface area contributed by atoms with Crippen LogP contribution in [0.5, 0.6) is 0 Å². The number of hydrogen-bond acceptors (Lipinski definition) is 3. The molecule has 3 nitrogen and oxygen atoms in total. The topological polar surface area (TPSA) is 29.5 Å². The third-order valence-electron chi connectivity index (χ3n) is 4.66. The summed E-state index contributed by atoms with van der Waals surface area (Å²) < 4.78 is 5.24. The van der Waals surface area contributed by atoms with E-state index in [9.17, 15) is 4.79 Å². The third kappa shape index (κ3) is 3.85. The molecule has 0 spiro atoms. The van der Waals surface area contributed by atoms with Crippen molar-refractivity contribution < 1.29 is 9.53 Å². The van der Waals surface area contributed by atoms with Crippen molar-refractivity contribution in [2.75, 3.05) is 19.7 Å². The zero-order valence-electron chi connectivity index (χ0n) is 14.5. The minimum atomic E-state index is -0.200. The average Bonchev–Trinajstić information content (AvgIpc) is 3.04. The van der Waals surface area contributed by atoms with Crippen LogP contribution in [0.1, 0.15) is 46.3 Å². The van der Waals surface area contributed by atoms with Crippen molar-refractivity contribution in [3.8, 4) is 0 Å². The fourth-order valence-corrected chi connectivity index (χ4v) is 3.49. The van der Waals surface area contributed by atoms with Gasteiger partial charge in [0.1, 0.15) is 0 Å². The van der Waals surface area contributed by atoms with Crippen LogP contribution in [-0.2, 0) is 11.3 Å². The zero-order valence-corrected chi connectivity index (χ0v) is 14.5. The molecule has 0 amide bonds. The van der Waals surface area contributed by atoms with Gasteiger partial charge in [0.25, 0.3) is 0 Å². The first kappa shape index (κ1) is 16.7. The monoisotopic (exact) mass is 323 g/mol. The fraction of sp³-hybridized carbons (Fsp3) is 0.381. The molecule has 1 fully saturated rings. The lowest BCUT2D eigenvalue weighted by atomic mass is 9.92. The van der Waals surface area contributed by atoms with Crippen LogP contribution in [0.3, 0.4) is 0 Å². The molecule has 0 radical (unpaired) electrons. The van der Waals surface area contributed by atoms with E-state index in [0.29, 0.717) is 12.5 Å². The van der Waals surface area contributed by atoms with E-state index in [1.807, 2.05) is 19.1 Å². The van der Waals surface area contributed by atoms with Crippen LogP contribution in [0.2, 0.25) is 0 Å². The Labute approximate surface area is 144 Å². The van der Waals surface area contributed by atoms with Crippen LogP contribution >= 0.6 is 0 Å². The van der Waals surface area contributed by atoms with E-state index in [4.69, 9.17) is 4.74 Å². The van der Waals surface area contributed by atoms with E-state index in [0.717, 1.165) is 37.2 Å². The Balaban J connectivity index is 1.75. The van der Waals surface area contributed by atoms with Crippen molar-refractivity contribution in [1.29, 1.82) is 0 Å². The number of aryl methyl sites for hydroxylation is 1. The Kier molecular flexibility index (Phi) is 5.31. The van der Waals surface area contributed by atoms with E-state index in [1.54, 1.807) is 0 Å². The average molecular weight is 323 g/mol. The predicted octanol–water partition coefficient (Wildman–Crippen LogP) is 4.16. The number of carbonyl (C=O) groups is 1. The maximum absolute atomic E-state index is 12.3.